The van der Waals surface area contributed by atoms with Crippen molar-refractivity contribution in [2.45, 2.75) is 38.3 Å². The molecule has 0 amide bonds. The van der Waals surface area contributed by atoms with Crippen LogP contribution in [0.5, 0.6) is 0 Å². The van der Waals surface area contributed by atoms with Crippen molar-refractivity contribution in [3.8, 4) is 0 Å². The number of rotatable bonds is 6. The molecule has 1 aromatic carbocycles. The summed E-state index contributed by atoms with van der Waals surface area (Å²) in [7, 11) is 1.84. The normalized spacial score (nSPS) is 25.6. The van der Waals surface area contributed by atoms with Crippen LogP contribution >= 0.6 is 0 Å². The molecular formula is C17H28N2O. The lowest BCUT2D eigenvalue weighted by atomic mass is 9.92. The summed E-state index contributed by atoms with van der Waals surface area (Å²) in [6.45, 7) is 8.57. The molecule has 0 bridgehead atoms. The number of likely N-dealkylation sites (tertiary alicyclic amines) is 1. The van der Waals surface area contributed by atoms with Gasteiger partial charge in [0.15, 0.2) is 0 Å². The zero-order valence-corrected chi connectivity index (χ0v) is 13.1. The average Bonchev–Trinajstić information content (AvgIpc) is 2.49. The molecule has 1 aromatic rings. The lowest BCUT2D eigenvalue weighted by Crippen LogP contribution is -2.50. The second-order valence-electron chi connectivity index (χ2n) is 5.96. The molecule has 3 heteroatoms. The number of nitrogens with zero attached hydrogens (tertiary/aromatic N) is 1. The smallest absolute Gasteiger partial charge is 0.0777 e. The summed E-state index contributed by atoms with van der Waals surface area (Å²) < 4.78 is 5.74. The zero-order valence-electron chi connectivity index (χ0n) is 13.1. The lowest BCUT2D eigenvalue weighted by molar-refractivity contribution is -0.0615. The third-order valence-electron chi connectivity index (χ3n) is 4.39. The van der Waals surface area contributed by atoms with Crippen molar-refractivity contribution in [3.05, 3.63) is 35.9 Å². The maximum Gasteiger partial charge on any atom is 0.0777 e. The molecule has 0 aromatic heterocycles. The first-order valence-corrected chi connectivity index (χ1v) is 7.73. The molecule has 1 aliphatic rings. The van der Waals surface area contributed by atoms with Gasteiger partial charge in [0, 0.05) is 26.2 Å². The number of likely N-dealkylation sites (N-methyl/N-ethyl adjacent to an activating group) is 1. The van der Waals surface area contributed by atoms with Gasteiger partial charge in [-0.15, -0.1) is 0 Å². The highest BCUT2D eigenvalue weighted by Crippen LogP contribution is 2.30. The summed E-state index contributed by atoms with van der Waals surface area (Å²) in [5.41, 5.74) is 1.39. The largest absolute Gasteiger partial charge is 0.377 e. The van der Waals surface area contributed by atoms with Gasteiger partial charge in [-0.1, -0.05) is 37.3 Å². The van der Waals surface area contributed by atoms with Gasteiger partial charge in [-0.05, 0) is 38.4 Å². The molecule has 112 valence electrons. The van der Waals surface area contributed by atoms with E-state index in [0.717, 1.165) is 32.6 Å². The Morgan fingerprint density at radius 1 is 1.35 bits per heavy atom. The van der Waals surface area contributed by atoms with Gasteiger partial charge in [-0.25, -0.2) is 0 Å². The van der Waals surface area contributed by atoms with Gasteiger partial charge in [0.25, 0.3) is 0 Å². The Balaban J connectivity index is 2.14. The summed E-state index contributed by atoms with van der Waals surface area (Å²) in [4.78, 5) is 2.57. The number of hydrogen-bond acceptors (Lipinski definition) is 3. The summed E-state index contributed by atoms with van der Waals surface area (Å²) in [5.74, 6) is 0. The SMILES string of the molecule is CCNCC(c1ccccc1)N1CCCC(C)(OC)C1. The van der Waals surface area contributed by atoms with Gasteiger partial charge in [0.05, 0.1) is 5.60 Å². The Kier molecular flexibility index (Phi) is 5.58. The van der Waals surface area contributed by atoms with Gasteiger partial charge >= 0.3 is 0 Å². The van der Waals surface area contributed by atoms with E-state index in [1.807, 2.05) is 7.11 Å². The van der Waals surface area contributed by atoms with Crippen molar-refractivity contribution in [3.63, 3.8) is 0 Å². The monoisotopic (exact) mass is 276 g/mol. The van der Waals surface area contributed by atoms with Crippen molar-refractivity contribution >= 4 is 0 Å². The van der Waals surface area contributed by atoms with Crippen molar-refractivity contribution in [2.24, 2.45) is 0 Å². The van der Waals surface area contributed by atoms with E-state index in [9.17, 15) is 0 Å². The fourth-order valence-corrected chi connectivity index (χ4v) is 3.09. The topological polar surface area (TPSA) is 24.5 Å². The predicted octanol–water partition coefficient (Wildman–Crippen LogP) is 2.84. The molecule has 1 saturated heterocycles. The van der Waals surface area contributed by atoms with Crippen molar-refractivity contribution < 1.29 is 4.74 Å². The quantitative estimate of drug-likeness (QED) is 0.864. The number of piperidine rings is 1. The molecule has 1 fully saturated rings. The minimum Gasteiger partial charge on any atom is -0.377 e. The molecule has 1 heterocycles. The van der Waals surface area contributed by atoms with Crippen molar-refractivity contribution in [2.75, 3.05) is 33.3 Å². The van der Waals surface area contributed by atoms with E-state index in [4.69, 9.17) is 4.74 Å². The van der Waals surface area contributed by atoms with Crippen LogP contribution in [0.1, 0.15) is 38.3 Å². The Bertz CT molecular complexity index is 395. The average molecular weight is 276 g/mol. The molecule has 0 spiro atoms. The maximum atomic E-state index is 5.74. The van der Waals surface area contributed by atoms with E-state index < -0.39 is 0 Å². The van der Waals surface area contributed by atoms with Crippen molar-refractivity contribution in [1.82, 2.24) is 10.2 Å². The first kappa shape index (κ1) is 15.5. The minimum absolute atomic E-state index is 0.00249. The second-order valence-corrected chi connectivity index (χ2v) is 5.96. The highest BCUT2D eigenvalue weighted by molar-refractivity contribution is 5.20. The van der Waals surface area contributed by atoms with Crippen molar-refractivity contribution in [1.29, 1.82) is 0 Å². The molecular weight excluding hydrogens is 248 g/mol. The molecule has 0 aliphatic carbocycles. The standard InChI is InChI=1S/C17H28N2O/c1-4-18-13-16(15-9-6-5-7-10-15)19-12-8-11-17(2,14-19)20-3/h5-7,9-10,16,18H,4,8,11-14H2,1-3H3. The summed E-state index contributed by atoms with van der Waals surface area (Å²) in [6, 6.07) is 11.3. The van der Waals surface area contributed by atoms with Crippen LogP contribution in [0.3, 0.4) is 0 Å². The first-order chi connectivity index (χ1) is 9.68. The molecule has 1 N–H and O–H groups in total. The Morgan fingerprint density at radius 3 is 2.75 bits per heavy atom. The molecule has 20 heavy (non-hydrogen) atoms. The van der Waals surface area contributed by atoms with Gasteiger partial charge in [0.1, 0.15) is 0 Å². The summed E-state index contributed by atoms with van der Waals surface area (Å²) in [6.07, 6.45) is 2.36. The predicted molar refractivity (Wildman–Crippen MR) is 83.9 cm³/mol. The fourth-order valence-electron chi connectivity index (χ4n) is 3.09. The van der Waals surface area contributed by atoms with E-state index in [1.54, 1.807) is 0 Å². The van der Waals surface area contributed by atoms with Crippen LogP contribution in [0.2, 0.25) is 0 Å². The molecule has 2 rings (SSSR count). The van der Waals surface area contributed by atoms with Crippen LogP contribution in [0.25, 0.3) is 0 Å². The fraction of sp³-hybridized carbons (Fsp3) is 0.647. The van der Waals surface area contributed by atoms with Gasteiger partial charge in [0.2, 0.25) is 0 Å². The van der Waals surface area contributed by atoms with E-state index in [2.05, 4.69) is 54.4 Å². The molecule has 3 nitrogen and oxygen atoms in total. The summed E-state index contributed by atoms with van der Waals surface area (Å²) >= 11 is 0. The van der Waals surface area contributed by atoms with E-state index >= 15 is 0 Å². The third-order valence-corrected chi connectivity index (χ3v) is 4.39. The zero-order chi connectivity index (χ0) is 14.4. The van der Waals surface area contributed by atoms with Crippen LogP contribution in [0.15, 0.2) is 30.3 Å². The van der Waals surface area contributed by atoms with Crippen LogP contribution in [-0.4, -0.2) is 43.8 Å². The van der Waals surface area contributed by atoms with Crippen LogP contribution < -0.4 is 5.32 Å². The van der Waals surface area contributed by atoms with E-state index in [0.29, 0.717) is 6.04 Å². The lowest BCUT2D eigenvalue weighted by Gasteiger charge is -2.43. The Morgan fingerprint density at radius 2 is 2.10 bits per heavy atom. The molecule has 0 saturated carbocycles. The molecule has 0 radical (unpaired) electrons. The minimum atomic E-state index is -0.00249. The van der Waals surface area contributed by atoms with Crippen LogP contribution in [0.4, 0.5) is 0 Å². The van der Waals surface area contributed by atoms with Crippen LogP contribution in [-0.2, 0) is 4.74 Å². The molecule has 2 unspecified atom stereocenters. The van der Waals surface area contributed by atoms with Gasteiger partial charge < -0.3 is 10.1 Å². The Labute approximate surface area is 123 Å². The van der Waals surface area contributed by atoms with Gasteiger partial charge in [-0.2, -0.15) is 0 Å². The van der Waals surface area contributed by atoms with Gasteiger partial charge in [-0.3, -0.25) is 4.90 Å². The molecule has 1 aliphatic heterocycles. The number of nitrogens with one attached hydrogen (secondary N) is 1. The second kappa shape index (κ2) is 7.21. The first-order valence-electron chi connectivity index (χ1n) is 7.73. The number of hydrogen-bond donors (Lipinski definition) is 1. The third kappa shape index (κ3) is 3.81. The number of methoxy groups -OCH3 is 1. The maximum absolute atomic E-state index is 5.74. The van der Waals surface area contributed by atoms with E-state index in [1.165, 1.54) is 12.0 Å². The highest BCUT2D eigenvalue weighted by Gasteiger charge is 2.34. The highest BCUT2D eigenvalue weighted by atomic mass is 16.5. The Hall–Kier alpha value is -0.900. The number of ether oxygens (including phenoxy) is 1. The summed E-state index contributed by atoms with van der Waals surface area (Å²) in [5, 5.41) is 3.51. The van der Waals surface area contributed by atoms with Crippen LogP contribution in [0, 0.1) is 0 Å². The van der Waals surface area contributed by atoms with E-state index in [-0.39, 0.29) is 5.60 Å². The molecule has 2 atom stereocenters. The number of benzene rings is 1.